The highest BCUT2D eigenvalue weighted by Gasteiger charge is 2.14. The van der Waals surface area contributed by atoms with Crippen molar-refractivity contribution in [2.24, 2.45) is 0 Å². The number of unbranched alkanes of at least 4 members (excludes halogenated alkanes) is 2. The van der Waals surface area contributed by atoms with Crippen molar-refractivity contribution in [1.82, 2.24) is 14.9 Å². The third-order valence-electron chi connectivity index (χ3n) is 4.99. The first-order valence-corrected chi connectivity index (χ1v) is 11.5. The van der Waals surface area contributed by atoms with Crippen LogP contribution in [0.5, 0.6) is 0 Å². The molecule has 158 valence electrons. The second kappa shape index (κ2) is 11.0. The van der Waals surface area contributed by atoms with Crippen LogP contribution in [0.4, 0.5) is 0 Å². The monoisotopic (exact) mass is 423 g/mol. The third kappa shape index (κ3) is 5.95. The van der Waals surface area contributed by atoms with Gasteiger partial charge in [-0.2, -0.15) is 0 Å². The predicted molar refractivity (Wildman–Crippen MR) is 124 cm³/mol. The van der Waals surface area contributed by atoms with Crippen molar-refractivity contribution in [2.45, 2.75) is 57.3 Å². The largest absolute Gasteiger partial charge is 0.353 e. The van der Waals surface area contributed by atoms with Crippen molar-refractivity contribution in [2.75, 3.05) is 5.75 Å². The highest BCUT2D eigenvalue weighted by atomic mass is 32.2. The number of amides is 1. The third-order valence-corrected chi connectivity index (χ3v) is 5.97. The fourth-order valence-corrected chi connectivity index (χ4v) is 4.19. The van der Waals surface area contributed by atoms with Crippen molar-refractivity contribution in [3.63, 3.8) is 0 Å². The Morgan fingerprint density at radius 3 is 2.60 bits per heavy atom. The van der Waals surface area contributed by atoms with E-state index in [1.165, 1.54) is 24.6 Å². The number of hydrogen-bond donors (Lipinski definition) is 1. The summed E-state index contributed by atoms with van der Waals surface area (Å²) in [6.45, 7) is 4.64. The van der Waals surface area contributed by atoms with Gasteiger partial charge in [-0.1, -0.05) is 80.4 Å². The normalized spacial score (nSPS) is 12.1. The lowest BCUT2D eigenvalue weighted by Crippen LogP contribution is -2.34. The van der Waals surface area contributed by atoms with Crippen molar-refractivity contribution in [1.29, 1.82) is 0 Å². The van der Waals surface area contributed by atoms with Gasteiger partial charge in [0.2, 0.25) is 5.91 Å². The zero-order chi connectivity index (χ0) is 21.3. The average molecular weight is 424 g/mol. The number of para-hydroxylation sites is 1. The Kier molecular flexibility index (Phi) is 8.08. The molecular formula is C24H29N3O2S. The van der Waals surface area contributed by atoms with Gasteiger partial charge in [0.1, 0.15) is 0 Å². The zero-order valence-corrected chi connectivity index (χ0v) is 18.5. The summed E-state index contributed by atoms with van der Waals surface area (Å²) in [5.74, 6) is 0.204. The van der Waals surface area contributed by atoms with Gasteiger partial charge in [-0.05, 0) is 31.0 Å². The minimum Gasteiger partial charge on any atom is -0.353 e. The molecule has 3 rings (SSSR count). The molecule has 0 spiro atoms. The summed E-state index contributed by atoms with van der Waals surface area (Å²) in [6.07, 6.45) is 4.45. The van der Waals surface area contributed by atoms with Gasteiger partial charge in [0.15, 0.2) is 5.16 Å². The van der Waals surface area contributed by atoms with E-state index in [0.29, 0.717) is 22.6 Å². The summed E-state index contributed by atoms with van der Waals surface area (Å²) in [7, 11) is 0. The molecule has 0 radical (unpaired) electrons. The summed E-state index contributed by atoms with van der Waals surface area (Å²) in [4.78, 5) is 30.3. The summed E-state index contributed by atoms with van der Waals surface area (Å²) in [5, 5.41) is 4.21. The number of nitrogens with zero attached hydrogens (tertiary/aromatic N) is 2. The molecule has 0 unspecified atom stereocenters. The van der Waals surface area contributed by atoms with E-state index >= 15 is 0 Å². The van der Waals surface area contributed by atoms with Crippen LogP contribution in [0.1, 0.15) is 45.1 Å². The molecular weight excluding hydrogens is 394 g/mol. The van der Waals surface area contributed by atoms with Crippen LogP contribution < -0.4 is 10.9 Å². The van der Waals surface area contributed by atoms with Crippen LogP contribution in [0.15, 0.2) is 64.5 Å². The fourth-order valence-electron chi connectivity index (χ4n) is 3.38. The van der Waals surface area contributed by atoms with Gasteiger partial charge in [0, 0.05) is 6.04 Å². The maximum absolute atomic E-state index is 13.1. The number of rotatable bonds is 10. The predicted octanol–water partition coefficient (Wildman–Crippen LogP) is 4.62. The Bertz CT molecular complexity index is 1030. The van der Waals surface area contributed by atoms with Gasteiger partial charge < -0.3 is 5.32 Å². The van der Waals surface area contributed by atoms with Crippen molar-refractivity contribution < 1.29 is 4.79 Å². The Balaban J connectivity index is 1.77. The molecule has 30 heavy (non-hydrogen) atoms. The maximum atomic E-state index is 13.1. The van der Waals surface area contributed by atoms with Crippen LogP contribution in [0.3, 0.4) is 0 Å². The van der Waals surface area contributed by atoms with E-state index in [9.17, 15) is 9.59 Å². The van der Waals surface area contributed by atoms with E-state index in [1.54, 1.807) is 10.6 Å². The molecule has 1 atom stereocenters. The number of carbonyl (C=O) groups is 1. The van der Waals surface area contributed by atoms with E-state index in [0.717, 1.165) is 18.4 Å². The molecule has 6 heteroatoms. The van der Waals surface area contributed by atoms with E-state index in [1.807, 2.05) is 55.5 Å². The lowest BCUT2D eigenvalue weighted by atomic mass is 10.1. The van der Waals surface area contributed by atoms with Crippen LogP contribution in [0.2, 0.25) is 0 Å². The topological polar surface area (TPSA) is 64.0 Å². The molecule has 3 aromatic rings. The quantitative estimate of drug-likeness (QED) is 0.294. The van der Waals surface area contributed by atoms with Crippen LogP contribution in [-0.2, 0) is 11.3 Å². The van der Waals surface area contributed by atoms with Gasteiger partial charge in [0.05, 0.1) is 23.2 Å². The molecule has 0 saturated heterocycles. The molecule has 1 heterocycles. The van der Waals surface area contributed by atoms with E-state index < -0.39 is 0 Å². The number of carbonyl (C=O) groups excluding carboxylic acids is 1. The standard InChI is InChI=1S/C24H29N3O2S/c1-3-4-6-11-18(2)25-22(28)17-30-24-26-21-15-10-9-14-20(21)23(29)27(24)16-19-12-7-5-8-13-19/h5,7-10,12-15,18H,3-4,6,11,16-17H2,1-2H3,(H,25,28)/t18-/m0/s1. The lowest BCUT2D eigenvalue weighted by molar-refractivity contribution is -0.119. The van der Waals surface area contributed by atoms with Gasteiger partial charge in [0.25, 0.3) is 5.56 Å². The minimum absolute atomic E-state index is 0.0299. The van der Waals surface area contributed by atoms with Crippen molar-refractivity contribution in [3.8, 4) is 0 Å². The summed E-state index contributed by atoms with van der Waals surface area (Å²) in [5.41, 5.74) is 1.59. The molecule has 5 nitrogen and oxygen atoms in total. The second-order valence-electron chi connectivity index (χ2n) is 7.54. The van der Waals surface area contributed by atoms with Gasteiger partial charge in [-0.3, -0.25) is 14.2 Å². The Hall–Kier alpha value is -2.60. The number of thioether (sulfide) groups is 1. The molecule has 0 aliphatic rings. The number of fused-ring (bicyclic) bond motifs is 1. The molecule has 0 bridgehead atoms. The van der Waals surface area contributed by atoms with Gasteiger partial charge >= 0.3 is 0 Å². The van der Waals surface area contributed by atoms with E-state index in [4.69, 9.17) is 0 Å². The summed E-state index contributed by atoms with van der Waals surface area (Å²) in [6, 6.07) is 17.3. The second-order valence-corrected chi connectivity index (χ2v) is 8.48. The van der Waals surface area contributed by atoms with Crippen molar-refractivity contribution in [3.05, 3.63) is 70.5 Å². The smallest absolute Gasteiger partial charge is 0.262 e. The molecule has 0 fully saturated rings. The number of hydrogen-bond acceptors (Lipinski definition) is 4. The molecule has 0 aliphatic carbocycles. The molecule has 1 aromatic heterocycles. The maximum Gasteiger partial charge on any atom is 0.262 e. The molecule has 0 aliphatic heterocycles. The molecule has 1 amide bonds. The minimum atomic E-state index is -0.0831. The Morgan fingerprint density at radius 2 is 1.83 bits per heavy atom. The van der Waals surface area contributed by atoms with Crippen molar-refractivity contribution >= 4 is 28.6 Å². The van der Waals surface area contributed by atoms with Crippen LogP contribution in [0.25, 0.3) is 10.9 Å². The number of benzene rings is 2. The molecule has 1 N–H and O–H groups in total. The van der Waals surface area contributed by atoms with Crippen LogP contribution in [-0.4, -0.2) is 27.3 Å². The first-order chi connectivity index (χ1) is 14.6. The lowest BCUT2D eigenvalue weighted by Gasteiger charge is -2.15. The first kappa shape index (κ1) is 22.1. The molecule has 2 aromatic carbocycles. The average Bonchev–Trinajstić information content (AvgIpc) is 2.75. The fraction of sp³-hybridized carbons (Fsp3) is 0.375. The van der Waals surface area contributed by atoms with E-state index in [-0.39, 0.29) is 23.3 Å². The Labute approximate surface area is 181 Å². The highest BCUT2D eigenvalue weighted by molar-refractivity contribution is 7.99. The Morgan fingerprint density at radius 1 is 1.10 bits per heavy atom. The van der Waals surface area contributed by atoms with E-state index in [2.05, 4.69) is 17.2 Å². The number of aromatic nitrogens is 2. The van der Waals surface area contributed by atoms with Crippen LogP contribution >= 0.6 is 11.8 Å². The zero-order valence-electron chi connectivity index (χ0n) is 17.6. The van der Waals surface area contributed by atoms with Gasteiger partial charge in [-0.25, -0.2) is 4.98 Å². The first-order valence-electron chi connectivity index (χ1n) is 10.5. The number of nitrogens with one attached hydrogen (secondary N) is 1. The highest BCUT2D eigenvalue weighted by Crippen LogP contribution is 2.19. The SMILES string of the molecule is CCCCC[C@H](C)NC(=O)CSc1nc2ccccc2c(=O)n1Cc1ccccc1. The molecule has 0 saturated carbocycles. The summed E-state index contributed by atoms with van der Waals surface area (Å²) < 4.78 is 1.67. The van der Waals surface area contributed by atoms with Crippen LogP contribution in [0, 0.1) is 0 Å². The summed E-state index contributed by atoms with van der Waals surface area (Å²) >= 11 is 1.31. The van der Waals surface area contributed by atoms with Gasteiger partial charge in [-0.15, -0.1) is 0 Å².